The van der Waals surface area contributed by atoms with E-state index in [0.29, 0.717) is 17.8 Å². The van der Waals surface area contributed by atoms with E-state index in [2.05, 4.69) is 34.6 Å². The lowest BCUT2D eigenvalue weighted by molar-refractivity contribution is 0.135. The van der Waals surface area contributed by atoms with Gasteiger partial charge in [-0.15, -0.1) is 0 Å². The number of aliphatic hydroxyl groups excluding tert-OH is 2. The lowest BCUT2D eigenvalue weighted by atomic mass is 9.89. The lowest BCUT2D eigenvalue weighted by Crippen LogP contribution is -2.19. The number of hydrogen-bond donors (Lipinski definition) is 3. The molecule has 0 saturated heterocycles. The standard InChI is InChI=1S/C27H40N2O2/c30-26(22-7-3-4-8-22)10-9-24-25-17-21(16-23(25)18-27(24)31)6-2-1-5-13-29-19-20-11-14-28-15-12-20/h6,9-12,14-15,22-27,29-31H,1-5,7-8,13,16-19H2/t23-,24+,25-,26+,27+/m0/s1. The van der Waals surface area contributed by atoms with Gasteiger partial charge in [0, 0.05) is 24.9 Å². The summed E-state index contributed by atoms with van der Waals surface area (Å²) in [7, 11) is 0. The van der Waals surface area contributed by atoms with Crippen LogP contribution in [0.4, 0.5) is 0 Å². The van der Waals surface area contributed by atoms with E-state index in [1.807, 2.05) is 18.5 Å². The molecule has 0 aromatic carbocycles. The van der Waals surface area contributed by atoms with Crippen molar-refractivity contribution >= 4 is 0 Å². The van der Waals surface area contributed by atoms with Gasteiger partial charge < -0.3 is 15.5 Å². The molecular formula is C27H40N2O2. The summed E-state index contributed by atoms with van der Waals surface area (Å²) in [5.74, 6) is 1.85. The van der Waals surface area contributed by atoms with Gasteiger partial charge >= 0.3 is 0 Å². The summed E-state index contributed by atoms with van der Waals surface area (Å²) in [6.07, 6.45) is 21.4. The second kappa shape index (κ2) is 11.4. The van der Waals surface area contributed by atoms with E-state index in [4.69, 9.17) is 0 Å². The van der Waals surface area contributed by atoms with Crippen molar-refractivity contribution in [3.63, 3.8) is 0 Å². The van der Waals surface area contributed by atoms with Crippen LogP contribution in [0.3, 0.4) is 0 Å². The number of hydrogen-bond acceptors (Lipinski definition) is 4. The van der Waals surface area contributed by atoms with Crippen LogP contribution in [0.25, 0.3) is 0 Å². The van der Waals surface area contributed by atoms with Gasteiger partial charge in [-0.1, -0.05) is 36.6 Å². The third-order valence-electron chi connectivity index (χ3n) is 7.84. The van der Waals surface area contributed by atoms with Crippen molar-refractivity contribution in [3.8, 4) is 0 Å². The SMILES string of the molecule is O[C@H](C=C[C@@H]1[C@H]2CC(=CCCCCNCc3ccncc3)C[C@H]2C[C@H]1O)C1CCCC1. The second-order valence-electron chi connectivity index (χ2n) is 10.0. The minimum Gasteiger partial charge on any atom is -0.392 e. The van der Waals surface area contributed by atoms with E-state index in [0.717, 1.165) is 51.6 Å². The highest BCUT2D eigenvalue weighted by atomic mass is 16.3. The molecule has 31 heavy (non-hydrogen) atoms. The van der Waals surface area contributed by atoms with Gasteiger partial charge in [-0.3, -0.25) is 4.98 Å². The summed E-state index contributed by atoms with van der Waals surface area (Å²) < 4.78 is 0. The van der Waals surface area contributed by atoms with Crippen LogP contribution in [0, 0.1) is 23.7 Å². The molecule has 170 valence electrons. The zero-order chi connectivity index (χ0) is 21.5. The highest BCUT2D eigenvalue weighted by Crippen LogP contribution is 2.50. The number of pyridine rings is 1. The maximum atomic E-state index is 10.6. The monoisotopic (exact) mass is 424 g/mol. The summed E-state index contributed by atoms with van der Waals surface area (Å²) in [6, 6.07) is 4.12. The molecule has 0 amide bonds. The number of nitrogens with one attached hydrogen (secondary N) is 1. The third-order valence-corrected chi connectivity index (χ3v) is 7.84. The van der Waals surface area contributed by atoms with E-state index < -0.39 is 0 Å². The molecule has 0 spiro atoms. The number of aliphatic hydroxyl groups is 2. The van der Waals surface area contributed by atoms with Crippen LogP contribution < -0.4 is 5.32 Å². The summed E-state index contributed by atoms with van der Waals surface area (Å²) in [6.45, 7) is 1.97. The quantitative estimate of drug-likeness (QED) is 0.373. The van der Waals surface area contributed by atoms with Gasteiger partial charge in [-0.05, 0) is 93.4 Å². The van der Waals surface area contributed by atoms with Gasteiger partial charge in [0.15, 0.2) is 0 Å². The number of allylic oxidation sites excluding steroid dienone is 2. The molecule has 0 radical (unpaired) electrons. The molecule has 3 saturated carbocycles. The second-order valence-corrected chi connectivity index (χ2v) is 10.0. The smallest absolute Gasteiger partial charge is 0.0749 e. The van der Waals surface area contributed by atoms with Crippen LogP contribution >= 0.6 is 0 Å². The Morgan fingerprint density at radius 2 is 1.94 bits per heavy atom. The summed E-state index contributed by atoms with van der Waals surface area (Å²) in [5.41, 5.74) is 2.89. The van der Waals surface area contributed by atoms with E-state index in [9.17, 15) is 10.2 Å². The molecule has 0 unspecified atom stereocenters. The average molecular weight is 425 g/mol. The lowest BCUT2D eigenvalue weighted by Gasteiger charge is -2.19. The van der Waals surface area contributed by atoms with E-state index in [1.165, 1.54) is 31.2 Å². The van der Waals surface area contributed by atoms with Crippen molar-refractivity contribution in [3.05, 3.63) is 53.9 Å². The van der Waals surface area contributed by atoms with Gasteiger partial charge in [0.1, 0.15) is 0 Å². The largest absolute Gasteiger partial charge is 0.392 e. The number of unbranched alkanes of at least 4 members (excludes halogenated alkanes) is 2. The number of nitrogens with zero attached hydrogens (tertiary/aromatic N) is 1. The van der Waals surface area contributed by atoms with Crippen molar-refractivity contribution in [1.82, 2.24) is 10.3 Å². The van der Waals surface area contributed by atoms with Gasteiger partial charge in [0.2, 0.25) is 0 Å². The third kappa shape index (κ3) is 6.27. The molecule has 4 heteroatoms. The Bertz CT molecular complexity index is 726. The highest BCUT2D eigenvalue weighted by Gasteiger charge is 2.45. The maximum Gasteiger partial charge on any atom is 0.0749 e. The Balaban J connectivity index is 1.16. The van der Waals surface area contributed by atoms with Crippen LogP contribution in [0.2, 0.25) is 0 Å². The number of fused-ring (bicyclic) bond motifs is 1. The molecule has 3 N–H and O–H groups in total. The fourth-order valence-electron chi connectivity index (χ4n) is 6.07. The van der Waals surface area contributed by atoms with Crippen LogP contribution in [0.1, 0.15) is 69.8 Å². The van der Waals surface area contributed by atoms with Gasteiger partial charge in [0.25, 0.3) is 0 Å². The predicted octanol–water partition coefficient (Wildman–Crippen LogP) is 4.78. The molecule has 4 rings (SSSR count). The molecular weight excluding hydrogens is 384 g/mol. The average Bonchev–Trinajstić information content (AvgIpc) is 3.50. The minimum atomic E-state index is -0.322. The number of aromatic nitrogens is 1. The Morgan fingerprint density at radius 1 is 1.13 bits per heavy atom. The zero-order valence-corrected chi connectivity index (χ0v) is 18.8. The first-order valence-electron chi connectivity index (χ1n) is 12.5. The van der Waals surface area contributed by atoms with Crippen molar-refractivity contribution in [2.75, 3.05) is 6.54 Å². The number of rotatable bonds is 10. The first-order chi connectivity index (χ1) is 15.2. The van der Waals surface area contributed by atoms with Crippen LogP contribution in [0.5, 0.6) is 0 Å². The van der Waals surface area contributed by atoms with Crippen LogP contribution in [0.15, 0.2) is 48.3 Å². The molecule has 3 fully saturated rings. The molecule has 3 aliphatic rings. The fraction of sp³-hybridized carbons (Fsp3) is 0.667. The Morgan fingerprint density at radius 3 is 2.74 bits per heavy atom. The van der Waals surface area contributed by atoms with Crippen LogP contribution in [-0.4, -0.2) is 33.9 Å². The topological polar surface area (TPSA) is 65.4 Å². The van der Waals surface area contributed by atoms with Gasteiger partial charge in [-0.25, -0.2) is 0 Å². The first-order valence-corrected chi connectivity index (χ1v) is 12.5. The summed E-state index contributed by atoms with van der Waals surface area (Å²) in [5, 5.41) is 24.6. The van der Waals surface area contributed by atoms with Gasteiger partial charge in [0.05, 0.1) is 12.2 Å². The molecule has 4 nitrogen and oxygen atoms in total. The van der Waals surface area contributed by atoms with Crippen molar-refractivity contribution in [1.29, 1.82) is 0 Å². The van der Waals surface area contributed by atoms with Crippen molar-refractivity contribution < 1.29 is 10.2 Å². The molecule has 3 aliphatic carbocycles. The normalized spacial score (nSPS) is 31.1. The first kappa shape index (κ1) is 22.7. The zero-order valence-electron chi connectivity index (χ0n) is 18.8. The van der Waals surface area contributed by atoms with Gasteiger partial charge in [-0.2, -0.15) is 0 Å². The molecule has 0 aliphatic heterocycles. The Labute approximate surface area is 187 Å². The maximum absolute atomic E-state index is 10.6. The van der Waals surface area contributed by atoms with Crippen molar-refractivity contribution in [2.24, 2.45) is 23.7 Å². The molecule has 1 aromatic heterocycles. The molecule has 1 aromatic rings. The Kier molecular flexibility index (Phi) is 8.34. The Hall–Kier alpha value is -1.49. The molecule has 0 bridgehead atoms. The fourth-order valence-corrected chi connectivity index (χ4v) is 6.07. The van der Waals surface area contributed by atoms with E-state index >= 15 is 0 Å². The highest BCUT2D eigenvalue weighted by molar-refractivity contribution is 5.18. The van der Waals surface area contributed by atoms with E-state index in [-0.39, 0.29) is 18.1 Å². The van der Waals surface area contributed by atoms with E-state index in [1.54, 1.807) is 5.57 Å². The predicted molar refractivity (Wildman–Crippen MR) is 125 cm³/mol. The summed E-state index contributed by atoms with van der Waals surface area (Å²) in [4.78, 5) is 4.05. The van der Waals surface area contributed by atoms with Crippen molar-refractivity contribution in [2.45, 2.75) is 83.0 Å². The summed E-state index contributed by atoms with van der Waals surface area (Å²) >= 11 is 0. The molecule has 5 atom stereocenters. The van der Waals surface area contributed by atoms with Crippen LogP contribution in [-0.2, 0) is 6.54 Å². The minimum absolute atomic E-state index is 0.226. The molecule has 1 heterocycles.